The molecule has 0 radical (unpaired) electrons. The molecule has 0 aliphatic heterocycles. The van der Waals surface area contributed by atoms with Gasteiger partial charge < -0.3 is 5.11 Å². The molecule has 1 aromatic heterocycles. The molecule has 2 aromatic carbocycles. The molecule has 0 bridgehead atoms. The van der Waals surface area contributed by atoms with Crippen molar-refractivity contribution in [1.29, 1.82) is 0 Å². The monoisotopic (exact) mass is 330 g/mol. The number of nitrogens with zero attached hydrogens (tertiary/aromatic N) is 4. The van der Waals surface area contributed by atoms with Gasteiger partial charge in [0.25, 0.3) is 0 Å². The first-order valence-electron chi connectivity index (χ1n) is 6.63. The number of rotatable bonds is 5. The van der Waals surface area contributed by atoms with Gasteiger partial charge in [-0.1, -0.05) is 23.9 Å². The van der Waals surface area contributed by atoms with Crippen molar-refractivity contribution >= 4 is 17.7 Å². The summed E-state index contributed by atoms with van der Waals surface area (Å²) in [5, 5.41) is 21.0. The van der Waals surface area contributed by atoms with Gasteiger partial charge in [0.15, 0.2) is 0 Å². The summed E-state index contributed by atoms with van der Waals surface area (Å²) in [6, 6.07) is 12.5. The van der Waals surface area contributed by atoms with E-state index in [0.717, 1.165) is 5.56 Å². The van der Waals surface area contributed by atoms with E-state index in [1.165, 1.54) is 40.7 Å². The second kappa shape index (κ2) is 6.57. The maximum atomic E-state index is 12.9. The summed E-state index contributed by atoms with van der Waals surface area (Å²) in [7, 11) is 0. The van der Waals surface area contributed by atoms with Crippen molar-refractivity contribution in [3.8, 4) is 5.69 Å². The number of aromatic carboxylic acids is 1. The van der Waals surface area contributed by atoms with Crippen molar-refractivity contribution in [2.24, 2.45) is 0 Å². The highest BCUT2D eigenvalue weighted by Crippen LogP contribution is 2.22. The molecular weight excluding hydrogens is 319 g/mol. The minimum Gasteiger partial charge on any atom is -0.478 e. The topological polar surface area (TPSA) is 80.9 Å². The van der Waals surface area contributed by atoms with Gasteiger partial charge >= 0.3 is 5.97 Å². The Morgan fingerprint density at radius 3 is 2.48 bits per heavy atom. The van der Waals surface area contributed by atoms with Crippen molar-refractivity contribution in [3.05, 3.63) is 65.5 Å². The fourth-order valence-corrected chi connectivity index (χ4v) is 2.75. The summed E-state index contributed by atoms with van der Waals surface area (Å²) in [4.78, 5) is 10.9. The smallest absolute Gasteiger partial charge is 0.335 e. The van der Waals surface area contributed by atoms with Gasteiger partial charge in [0.1, 0.15) is 5.82 Å². The Morgan fingerprint density at radius 1 is 1.13 bits per heavy atom. The van der Waals surface area contributed by atoms with E-state index in [1.807, 2.05) is 0 Å². The number of carbonyl (C=O) groups is 1. The number of hydrogen-bond donors (Lipinski definition) is 1. The van der Waals surface area contributed by atoms with Crippen molar-refractivity contribution < 1.29 is 14.3 Å². The Kier molecular flexibility index (Phi) is 4.33. The Bertz CT molecular complexity index is 818. The molecule has 3 aromatic rings. The Hall–Kier alpha value is -2.74. The highest BCUT2D eigenvalue weighted by atomic mass is 32.2. The highest BCUT2D eigenvalue weighted by Gasteiger charge is 2.10. The molecule has 6 nitrogen and oxygen atoms in total. The van der Waals surface area contributed by atoms with Crippen LogP contribution < -0.4 is 0 Å². The molecule has 0 atom stereocenters. The minimum absolute atomic E-state index is 0.197. The Balaban J connectivity index is 1.76. The molecule has 116 valence electrons. The largest absolute Gasteiger partial charge is 0.478 e. The fraction of sp³-hybridized carbons (Fsp3) is 0.0667. The van der Waals surface area contributed by atoms with Crippen molar-refractivity contribution in [1.82, 2.24) is 20.2 Å². The van der Waals surface area contributed by atoms with Crippen LogP contribution in [-0.2, 0) is 5.75 Å². The van der Waals surface area contributed by atoms with E-state index < -0.39 is 5.97 Å². The number of hydrogen-bond acceptors (Lipinski definition) is 5. The van der Waals surface area contributed by atoms with Gasteiger partial charge in [-0.25, -0.2) is 9.18 Å². The van der Waals surface area contributed by atoms with E-state index in [4.69, 9.17) is 5.11 Å². The quantitative estimate of drug-likeness (QED) is 0.725. The first-order chi connectivity index (χ1) is 11.1. The number of carboxylic acids is 1. The van der Waals surface area contributed by atoms with E-state index >= 15 is 0 Å². The summed E-state index contributed by atoms with van der Waals surface area (Å²) < 4.78 is 14.4. The molecule has 0 aliphatic rings. The highest BCUT2D eigenvalue weighted by molar-refractivity contribution is 7.98. The van der Waals surface area contributed by atoms with Crippen LogP contribution in [0, 0.1) is 5.82 Å². The van der Waals surface area contributed by atoms with Gasteiger partial charge in [0.2, 0.25) is 5.16 Å². The van der Waals surface area contributed by atoms with E-state index in [2.05, 4.69) is 15.5 Å². The molecule has 23 heavy (non-hydrogen) atoms. The van der Waals surface area contributed by atoms with Gasteiger partial charge in [-0.15, -0.1) is 5.10 Å². The summed E-state index contributed by atoms with van der Waals surface area (Å²) in [5.41, 5.74) is 1.82. The SMILES string of the molecule is O=C(O)c1ccc(-n2nnnc2SCc2ccc(F)cc2)cc1. The number of benzene rings is 2. The van der Waals surface area contributed by atoms with Crippen LogP contribution in [0.3, 0.4) is 0 Å². The van der Waals surface area contributed by atoms with Crippen LogP contribution in [0.25, 0.3) is 5.69 Å². The van der Waals surface area contributed by atoms with Gasteiger partial charge in [-0.2, -0.15) is 4.68 Å². The molecular formula is C15H11FN4O2S. The van der Waals surface area contributed by atoms with Crippen molar-refractivity contribution in [3.63, 3.8) is 0 Å². The molecule has 8 heteroatoms. The first kappa shape index (κ1) is 15.2. The Labute approximate surface area is 135 Å². The zero-order valence-corrected chi connectivity index (χ0v) is 12.6. The standard InChI is InChI=1S/C15H11FN4O2S/c16-12-5-1-10(2-6-12)9-23-15-17-18-19-20(15)13-7-3-11(4-8-13)14(21)22/h1-8H,9H2,(H,21,22). The number of halogens is 1. The second-order valence-electron chi connectivity index (χ2n) is 4.64. The zero-order chi connectivity index (χ0) is 16.2. The average Bonchev–Trinajstić information content (AvgIpc) is 3.03. The summed E-state index contributed by atoms with van der Waals surface area (Å²) in [5.74, 6) is -0.672. The van der Waals surface area contributed by atoms with Crippen LogP contribution in [0.2, 0.25) is 0 Å². The molecule has 0 saturated heterocycles. The van der Waals surface area contributed by atoms with Crippen LogP contribution in [0.5, 0.6) is 0 Å². The van der Waals surface area contributed by atoms with Gasteiger partial charge in [0, 0.05) is 5.75 Å². The van der Waals surface area contributed by atoms with Crippen LogP contribution in [-0.4, -0.2) is 31.3 Å². The van der Waals surface area contributed by atoms with Crippen LogP contribution in [0.4, 0.5) is 4.39 Å². The molecule has 3 rings (SSSR count). The summed E-state index contributed by atoms with van der Waals surface area (Å²) in [6.45, 7) is 0. The van der Waals surface area contributed by atoms with Crippen LogP contribution in [0.1, 0.15) is 15.9 Å². The fourth-order valence-electron chi connectivity index (χ4n) is 1.90. The van der Waals surface area contributed by atoms with E-state index in [0.29, 0.717) is 16.6 Å². The summed E-state index contributed by atoms with van der Waals surface area (Å²) in [6.07, 6.45) is 0. The van der Waals surface area contributed by atoms with Gasteiger partial charge in [-0.05, 0) is 52.4 Å². The summed E-state index contributed by atoms with van der Waals surface area (Å²) >= 11 is 1.41. The lowest BCUT2D eigenvalue weighted by Gasteiger charge is -2.05. The maximum Gasteiger partial charge on any atom is 0.335 e. The third-order valence-electron chi connectivity index (χ3n) is 3.08. The number of thioether (sulfide) groups is 1. The molecule has 0 spiro atoms. The molecule has 0 amide bonds. The maximum absolute atomic E-state index is 12.9. The van der Waals surface area contributed by atoms with Crippen molar-refractivity contribution in [2.45, 2.75) is 10.9 Å². The predicted molar refractivity (Wildman–Crippen MR) is 82.1 cm³/mol. The van der Waals surface area contributed by atoms with E-state index in [-0.39, 0.29) is 11.4 Å². The van der Waals surface area contributed by atoms with Crippen LogP contribution in [0.15, 0.2) is 53.7 Å². The normalized spacial score (nSPS) is 10.7. The Morgan fingerprint density at radius 2 is 1.83 bits per heavy atom. The molecule has 0 fully saturated rings. The van der Waals surface area contributed by atoms with Crippen LogP contribution >= 0.6 is 11.8 Å². The first-order valence-corrected chi connectivity index (χ1v) is 7.61. The lowest BCUT2D eigenvalue weighted by Crippen LogP contribution is -2.01. The number of tetrazole rings is 1. The minimum atomic E-state index is -0.987. The van der Waals surface area contributed by atoms with Gasteiger partial charge in [0.05, 0.1) is 11.3 Å². The molecule has 0 aliphatic carbocycles. The van der Waals surface area contributed by atoms with Crippen molar-refractivity contribution in [2.75, 3.05) is 0 Å². The average molecular weight is 330 g/mol. The van der Waals surface area contributed by atoms with Gasteiger partial charge in [-0.3, -0.25) is 0 Å². The second-order valence-corrected chi connectivity index (χ2v) is 5.58. The lowest BCUT2D eigenvalue weighted by atomic mass is 10.2. The third kappa shape index (κ3) is 3.54. The third-order valence-corrected chi connectivity index (χ3v) is 4.07. The molecule has 1 N–H and O–H groups in total. The number of carboxylic acid groups (broad SMARTS) is 1. The predicted octanol–water partition coefficient (Wildman–Crippen LogP) is 2.79. The molecule has 0 unspecified atom stereocenters. The van der Waals surface area contributed by atoms with E-state index in [9.17, 15) is 9.18 Å². The zero-order valence-electron chi connectivity index (χ0n) is 11.8. The molecule has 1 heterocycles. The molecule has 0 saturated carbocycles. The lowest BCUT2D eigenvalue weighted by molar-refractivity contribution is 0.0697. The number of aromatic nitrogens is 4. The van der Waals surface area contributed by atoms with E-state index in [1.54, 1.807) is 24.3 Å².